The van der Waals surface area contributed by atoms with Crippen molar-refractivity contribution in [3.05, 3.63) is 29.8 Å². The standard InChI is InChI=1S/C17H24FNO5/c1-16(2,3)24-15(21)19-17(4,14(20)22-5)10-12-6-8-13(9-7-12)23-11-18/h6-9H,10-11H2,1-5H3,(H,19,21)/t17-/m1/s1. The molecule has 0 aliphatic carbocycles. The summed E-state index contributed by atoms with van der Waals surface area (Å²) in [6, 6.07) is 6.53. The van der Waals surface area contributed by atoms with Crippen molar-refractivity contribution in [1.82, 2.24) is 5.32 Å². The minimum absolute atomic E-state index is 0.175. The van der Waals surface area contributed by atoms with Crippen molar-refractivity contribution in [3.63, 3.8) is 0 Å². The lowest BCUT2D eigenvalue weighted by molar-refractivity contribution is -0.147. The molecule has 0 saturated heterocycles. The SMILES string of the molecule is COC(=O)[C@@](C)(Cc1ccc(OCF)cc1)NC(=O)OC(C)(C)C. The topological polar surface area (TPSA) is 73.9 Å². The van der Waals surface area contributed by atoms with Crippen molar-refractivity contribution < 1.29 is 28.2 Å². The smallest absolute Gasteiger partial charge is 0.408 e. The molecule has 0 saturated carbocycles. The number of hydrogen-bond acceptors (Lipinski definition) is 5. The first kappa shape index (κ1) is 19.7. The second-order valence-corrected chi connectivity index (χ2v) is 6.52. The van der Waals surface area contributed by atoms with E-state index in [0.29, 0.717) is 5.75 Å². The van der Waals surface area contributed by atoms with Gasteiger partial charge in [0.25, 0.3) is 0 Å². The van der Waals surface area contributed by atoms with Gasteiger partial charge >= 0.3 is 12.1 Å². The van der Waals surface area contributed by atoms with Crippen LogP contribution in [0.3, 0.4) is 0 Å². The number of amides is 1. The molecule has 7 heteroatoms. The highest BCUT2D eigenvalue weighted by molar-refractivity contribution is 5.85. The van der Waals surface area contributed by atoms with Gasteiger partial charge in [-0.25, -0.2) is 14.0 Å². The maximum absolute atomic E-state index is 12.1. The highest BCUT2D eigenvalue weighted by Gasteiger charge is 2.37. The Morgan fingerprint density at radius 2 is 1.71 bits per heavy atom. The third-order valence-electron chi connectivity index (χ3n) is 3.12. The van der Waals surface area contributed by atoms with Crippen LogP contribution in [-0.2, 0) is 20.7 Å². The van der Waals surface area contributed by atoms with Gasteiger partial charge in [-0.15, -0.1) is 0 Å². The summed E-state index contributed by atoms with van der Waals surface area (Å²) in [7, 11) is 1.25. The van der Waals surface area contributed by atoms with Gasteiger partial charge in [0, 0.05) is 6.42 Å². The van der Waals surface area contributed by atoms with Crippen molar-refractivity contribution in [2.75, 3.05) is 14.0 Å². The third-order valence-corrected chi connectivity index (χ3v) is 3.12. The zero-order valence-corrected chi connectivity index (χ0v) is 14.6. The fourth-order valence-electron chi connectivity index (χ4n) is 2.10. The van der Waals surface area contributed by atoms with Crippen molar-refractivity contribution in [3.8, 4) is 5.75 Å². The van der Waals surface area contributed by atoms with E-state index < -0.39 is 30.1 Å². The largest absolute Gasteiger partial charge is 0.467 e. The first-order valence-electron chi connectivity index (χ1n) is 7.47. The molecule has 6 nitrogen and oxygen atoms in total. The van der Waals surface area contributed by atoms with Crippen LogP contribution in [-0.4, -0.2) is 37.2 Å². The summed E-state index contributed by atoms with van der Waals surface area (Å²) in [5, 5.41) is 2.56. The highest BCUT2D eigenvalue weighted by atomic mass is 19.1. The van der Waals surface area contributed by atoms with Crippen LogP contribution in [0.15, 0.2) is 24.3 Å². The Kier molecular flexibility index (Phi) is 6.57. The van der Waals surface area contributed by atoms with Crippen molar-refractivity contribution in [1.29, 1.82) is 0 Å². The molecule has 0 bridgehead atoms. The second-order valence-electron chi connectivity index (χ2n) is 6.52. The predicted octanol–water partition coefficient (Wildman–Crippen LogP) is 2.99. The van der Waals surface area contributed by atoms with E-state index in [2.05, 4.69) is 5.32 Å². The maximum Gasteiger partial charge on any atom is 0.408 e. The molecule has 0 fully saturated rings. The minimum atomic E-state index is -1.31. The normalized spacial score (nSPS) is 13.6. The first-order valence-corrected chi connectivity index (χ1v) is 7.47. The molecule has 0 unspecified atom stereocenters. The molecule has 1 rings (SSSR count). The highest BCUT2D eigenvalue weighted by Crippen LogP contribution is 2.19. The zero-order valence-electron chi connectivity index (χ0n) is 14.6. The number of esters is 1. The van der Waals surface area contributed by atoms with E-state index in [4.69, 9.17) is 14.2 Å². The zero-order chi connectivity index (χ0) is 18.4. The van der Waals surface area contributed by atoms with E-state index in [1.165, 1.54) is 7.11 Å². The summed E-state index contributed by atoms with van der Waals surface area (Å²) < 4.78 is 26.9. The van der Waals surface area contributed by atoms with Gasteiger partial charge < -0.3 is 19.5 Å². The molecule has 0 heterocycles. The molecule has 1 aromatic carbocycles. The molecule has 1 amide bonds. The number of alkyl halides is 1. The molecule has 0 radical (unpaired) electrons. The van der Waals surface area contributed by atoms with E-state index >= 15 is 0 Å². The van der Waals surface area contributed by atoms with Crippen LogP contribution >= 0.6 is 0 Å². The Morgan fingerprint density at radius 1 is 1.12 bits per heavy atom. The van der Waals surface area contributed by atoms with Crippen LogP contribution in [0.25, 0.3) is 0 Å². The molecule has 24 heavy (non-hydrogen) atoms. The Morgan fingerprint density at radius 3 is 2.17 bits per heavy atom. The maximum atomic E-state index is 12.1. The van der Waals surface area contributed by atoms with Gasteiger partial charge in [-0.05, 0) is 45.4 Å². The third kappa shape index (κ3) is 6.06. The molecule has 0 aliphatic heterocycles. The van der Waals surface area contributed by atoms with Crippen molar-refractivity contribution in [2.24, 2.45) is 0 Å². The summed E-state index contributed by atoms with van der Waals surface area (Å²) in [5.41, 5.74) is -1.25. The summed E-state index contributed by atoms with van der Waals surface area (Å²) in [6.07, 6.45) is -0.540. The molecule has 1 atom stereocenters. The average molecular weight is 341 g/mol. The number of ether oxygens (including phenoxy) is 3. The number of methoxy groups -OCH3 is 1. The minimum Gasteiger partial charge on any atom is -0.467 e. The number of rotatable bonds is 6. The van der Waals surface area contributed by atoms with Gasteiger partial charge in [-0.2, -0.15) is 0 Å². The van der Waals surface area contributed by atoms with Crippen LogP contribution in [0.1, 0.15) is 33.3 Å². The summed E-state index contributed by atoms with van der Waals surface area (Å²) in [4.78, 5) is 24.2. The number of halogens is 1. The number of carbonyl (C=O) groups excluding carboxylic acids is 2. The van der Waals surface area contributed by atoms with Crippen LogP contribution in [0.5, 0.6) is 5.75 Å². The number of alkyl carbamates (subject to hydrolysis) is 1. The summed E-state index contributed by atoms with van der Waals surface area (Å²) in [6.45, 7) is 5.82. The van der Waals surface area contributed by atoms with Crippen LogP contribution in [0.2, 0.25) is 0 Å². The van der Waals surface area contributed by atoms with E-state index in [9.17, 15) is 14.0 Å². The lowest BCUT2D eigenvalue weighted by Gasteiger charge is -2.29. The lowest BCUT2D eigenvalue weighted by Crippen LogP contribution is -2.55. The lowest BCUT2D eigenvalue weighted by atomic mass is 9.93. The van der Waals surface area contributed by atoms with Crippen molar-refractivity contribution >= 4 is 12.1 Å². The summed E-state index contributed by atoms with van der Waals surface area (Å²) in [5.74, 6) is -0.224. The number of hydrogen-bond donors (Lipinski definition) is 1. The van der Waals surface area contributed by atoms with Crippen LogP contribution < -0.4 is 10.1 Å². The number of carbonyl (C=O) groups is 2. The van der Waals surface area contributed by atoms with Gasteiger partial charge in [0.15, 0.2) is 0 Å². The van der Waals surface area contributed by atoms with Gasteiger partial charge in [0.2, 0.25) is 6.86 Å². The van der Waals surface area contributed by atoms with Crippen LogP contribution in [0.4, 0.5) is 9.18 Å². The van der Waals surface area contributed by atoms with E-state index in [1.807, 2.05) is 0 Å². The Bertz CT molecular complexity index is 567. The van der Waals surface area contributed by atoms with Gasteiger partial charge in [0.05, 0.1) is 7.11 Å². The van der Waals surface area contributed by atoms with E-state index in [1.54, 1.807) is 52.0 Å². The molecule has 0 aromatic heterocycles. The van der Waals surface area contributed by atoms with Crippen LogP contribution in [0, 0.1) is 0 Å². The molecular formula is C17H24FNO5. The second kappa shape index (κ2) is 7.99. The van der Waals surface area contributed by atoms with Crippen molar-refractivity contribution in [2.45, 2.75) is 45.3 Å². The number of benzene rings is 1. The Labute approximate surface area is 141 Å². The first-order chi connectivity index (χ1) is 11.1. The monoisotopic (exact) mass is 341 g/mol. The summed E-state index contributed by atoms with van der Waals surface area (Å²) >= 11 is 0. The Hall–Kier alpha value is -2.31. The average Bonchev–Trinajstić information content (AvgIpc) is 2.46. The molecular weight excluding hydrogens is 317 g/mol. The van der Waals surface area contributed by atoms with Gasteiger partial charge in [-0.3, -0.25) is 0 Å². The number of nitrogens with one attached hydrogen (secondary N) is 1. The predicted molar refractivity (Wildman–Crippen MR) is 86.5 cm³/mol. The molecule has 0 aliphatic rings. The molecule has 0 spiro atoms. The Balaban J connectivity index is 2.91. The fourth-order valence-corrected chi connectivity index (χ4v) is 2.10. The quantitative estimate of drug-likeness (QED) is 0.805. The fraction of sp³-hybridized carbons (Fsp3) is 0.529. The van der Waals surface area contributed by atoms with Gasteiger partial charge in [-0.1, -0.05) is 12.1 Å². The molecule has 1 N–H and O–H groups in total. The molecule has 134 valence electrons. The van der Waals surface area contributed by atoms with Gasteiger partial charge in [0.1, 0.15) is 16.9 Å². The van der Waals surface area contributed by atoms with E-state index in [0.717, 1.165) is 5.56 Å². The molecule has 1 aromatic rings. The van der Waals surface area contributed by atoms with E-state index in [-0.39, 0.29) is 6.42 Å².